The van der Waals surface area contributed by atoms with Gasteiger partial charge in [0.15, 0.2) is 0 Å². The molecule has 0 aromatic heterocycles. The average Bonchev–Trinajstić information content (AvgIpc) is 2.17. The lowest BCUT2D eigenvalue weighted by Crippen LogP contribution is -2.08. The van der Waals surface area contributed by atoms with Crippen LogP contribution in [0.15, 0.2) is 23.8 Å². The van der Waals surface area contributed by atoms with Crippen LogP contribution in [0.25, 0.3) is 6.08 Å². The molecule has 0 radical (unpaired) electrons. The highest BCUT2D eigenvalue weighted by Crippen LogP contribution is 2.27. The minimum absolute atomic E-state index is 0.902. The second-order valence-electron chi connectivity index (χ2n) is 3.30. The van der Waals surface area contributed by atoms with E-state index >= 15 is 0 Å². The predicted molar refractivity (Wildman–Crippen MR) is 55.1 cm³/mol. The van der Waals surface area contributed by atoms with Gasteiger partial charge in [-0.2, -0.15) is 0 Å². The lowest BCUT2D eigenvalue weighted by atomic mass is 10.1. The van der Waals surface area contributed by atoms with E-state index in [-0.39, 0.29) is 0 Å². The van der Waals surface area contributed by atoms with Crippen molar-refractivity contribution in [3.63, 3.8) is 0 Å². The average molecular weight is 175 g/mol. The summed E-state index contributed by atoms with van der Waals surface area (Å²) in [7, 11) is 1.69. The molecule has 0 aliphatic carbocycles. The third kappa shape index (κ3) is 1.52. The van der Waals surface area contributed by atoms with Gasteiger partial charge in [-0.25, -0.2) is 0 Å². The number of nitrogens with one attached hydrogen (secondary N) is 1. The third-order valence-corrected chi connectivity index (χ3v) is 2.22. The number of benzene rings is 1. The Morgan fingerprint density at radius 3 is 3.00 bits per heavy atom. The van der Waals surface area contributed by atoms with Crippen LogP contribution >= 0.6 is 0 Å². The fourth-order valence-electron chi connectivity index (χ4n) is 1.49. The van der Waals surface area contributed by atoms with Gasteiger partial charge in [-0.3, -0.25) is 0 Å². The number of ether oxygens (including phenoxy) is 1. The van der Waals surface area contributed by atoms with E-state index in [4.69, 9.17) is 4.74 Å². The van der Waals surface area contributed by atoms with Crippen molar-refractivity contribution in [1.82, 2.24) is 0 Å². The van der Waals surface area contributed by atoms with Gasteiger partial charge in [-0.15, -0.1) is 0 Å². The van der Waals surface area contributed by atoms with Gasteiger partial charge in [-0.1, -0.05) is 11.6 Å². The van der Waals surface area contributed by atoms with Gasteiger partial charge in [0.25, 0.3) is 0 Å². The van der Waals surface area contributed by atoms with E-state index in [9.17, 15) is 0 Å². The minimum atomic E-state index is 0.902. The highest BCUT2D eigenvalue weighted by molar-refractivity contribution is 5.73. The summed E-state index contributed by atoms with van der Waals surface area (Å²) in [6.07, 6.45) is 2.20. The first kappa shape index (κ1) is 8.17. The maximum Gasteiger partial charge on any atom is 0.120 e. The summed E-state index contributed by atoms with van der Waals surface area (Å²) in [5, 5.41) is 3.34. The van der Waals surface area contributed by atoms with Gasteiger partial charge in [0.2, 0.25) is 0 Å². The van der Waals surface area contributed by atoms with E-state index in [0.717, 1.165) is 18.0 Å². The van der Waals surface area contributed by atoms with Crippen molar-refractivity contribution in [3.05, 3.63) is 29.3 Å². The van der Waals surface area contributed by atoms with E-state index in [2.05, 4.69) is 24.4 Å². The van der Waals surface area contributed by atoms with Crippen molar-refractivity contribution in [3.8, 4) is 5.75 Å². The lowest BCUT2D eigenvalue weighted by molar-refractivity contribution is 0.415. The van der Waals surface area contributed by atoms with Crippen LogP contribution in [0.1, 0.15) is 12.5 Å². The summed E-state index contributed by atoms with van der Waals surface area (Å²) < 4.78 is 5.15. The molecule has 2 nitrogen and oxygen atoms in total. The number of rotatable bonds is 1. The zero-order valence-electron chi connectivity index (χ0n) is 7.92. The third-order valence-electron chi connectivity index (χ3n) is 2.22. The van der Waals surface area contributed by atoms with E-state index < -0.39 is 0 Å². The molecule has 68 valence electrons. The Labute approximate surface area is 78.2 Å². The summed E-state index contributed by atoms with van der Waals surface area (Å²) in [6, 6.07) is 6.08. The van der Waals surface area contributed by atoms with Crippen molar-refractivity contribution in [2.24, 2.45) is 0 Å². The highest BCUT2D eigenvalue weighted by atomic mass is 16.5. The van der Waals surface area contributed by atoms with Crippen molar-refractivity contribution in [2.45, 2.75) is 6.92 Å². The highest BCUT2D eigenvalue weighted by Gasteiger charge is 2.06. The van der Waals surface area contributed by atoms with Gasteiger partial charge in [0.1, 0.15) is 5.75 Å². The van der Waals surface area contributed by atoms with Crippen LogP contribution in [0.3, 0.4) is 0 Å². The number of fused-ring (bicyclic) bond motifs is 1. The predicted octanol–water partition coefficient (Wildman–Crippen LogP) is 2.52. The topological polar surface area (TPSA) is 21.3 Å². The second-order valence-corrected chi connectivity index (χ2v) is 3.30. The molecule has 1 aliphatic heterocycles. The first-order valence-electron chi connectivity index (χ1n) is 4.38. The van der Waals surface area contributed by atoms with Gasteiger partial charge in [0, 0.05) is 18.3 Å². The second kappa shape index (κ2) is 3.13. The molecule has 0 saturated heterocycles. The molecule has 13 heavy (non-hydrogen) atoms. The number of anilines is 1. The smallest absolute Gasteiger partial charge is 0.120 e. The largest absolute Gasteiger partial charge is 0.497 e. The number of hydrogen-bond donors (Lipinski definition) is 1. The number of methoxy groups -OCH3 is 1. The molecule has 0 atom stereocenters. The van der Waals surface area contributed by atoms with Gasteiger partial charge in [0.05, 0.1) is 7.11 Å². The van der Waals surface area contributed by atoms with E-state index in [1.807, 2.05) is 12.1 Å². The summed E-state index contributed by atoms with van der Waals surface area (Å²) in [5.41, 5.74) is 3.76. The monoisotopic (exact) mass is 175 g/mol. The van der Waals surface area contributed by atoms with Crippen molar-refractivity contribution in [1.29, 1.82) is 0 Å². The maximum absolute atomic E-state index is 5.15. The van der Waals surface area contributed by atoms with E-state index in [1.165, 1.54) is 11.1 Å². The first-order valence-corrected chi connectivity index (χ1v) is 4.38. The normalized spacial score (nSPS) is 14.2. The van der Waals surface area contributed by atoms with Gasteiger partial charge < -0.3 is 10.1 Å². The van der Waals surface area contributed by atoms with Gasteiger partial charge in [-0.05, 0) is 24.6 Å². The molecule has 2 heteroatoms. The zero-order valence-corrected chi connectivity index (χ0v) is 7.92. The Morgan fingerprint density at radius 1 is 1.38 bits per heavy atom. The molecule has 1 heterocycles. The Bertz CT molecular complexity index is 355. The molecule has 0 unspecified atom stereocenters. The molecule has 0 fully saturated rings. The molecular formula is C11H13NO. The van der Waals surface area contributed by atoms with Crippen molar-refractivity contribution >= 4 is 11.8 Å². The van der Waals surface area contributed by atoms with Gasteiger partial charge >= 0.3 is 0 Å². The molecule has 0 bridgehead atoms. The van der Waals surface area contributed by atoms with E-state index in [1.54, 1.807) is 7.11 Å². The van der Waals surface area contributed by atoms with Crippen molar-refractivity contribution < 1.29 is 4.74 Å². The molecule has 0 amide bonds. The lowest BCUT2D eigenvalue weighted by Gasteiger charge is -2.16. The number of hydrogen-bond acceptors (Lipinski definition) is 2. The van der Waals surface area contributed by atoms with Crippen LogP contribution in [0, 0.1) is 0 Å². The molecule has 1 aliphatic rings. The molecule has 1 aromatic carbocycles. The molecule has 1 N–H and O–H groups in total. The van der Waals surface area contributed by atoms with Crippen LogP contribution in [-0.2, 0) is 0 Å². The standard InChI is InChI=1S/C11H13NO/c1-8-5-9-3-4-10(13-2)6-11(9)12-7-8/h3-6,12H,7H2,1-2H3. The Morgan fingerprint density at radius 2 is 2.23 bits per heavy atom. The Kier molecular flexibility index (Phi) is 1.97. The molecule has 1 aromatic rings. The summed E-state index contributed by atoms with van der Waals surface area (Å²) in [4.78, 5) is 0. The molecular weight excluding hydrogens is 162 g/mol. The Balaban J connectivity index is 2.43. The van der Waals surface area contributed by atoms with Crippen LogP contribution < -0.4 is 10.1 Å². The summed E-state index contributed by atoms with van der Waals surface area (Å²) in [6.45, 7) is 3.06. The maximum atomic E-state index is 5.15. The fourth-order valence-corrected chi connectivity index (χ4v) is 1.49. The summed E-state index contributed by atoms with van der Waals surface area (Å²) >= 11 is 0. The van der Waals surface area contributed by atoms with Crippen LogP contribution in [0.5, 0.6) is 5.75 Å². The Hall–Kier alpha value is -1.44. The van der Waals surface area contributed by atoms with Crippen LogP contribution in [0.4, 0.5) is 5.69 Å². The summed E-state index contributed by atoms with van der Waals surface area (Å²) in [5.74, 6) is 0.902. The molecule has 0 saturated carbocycles. The fraction of sp³-hybridized carbons (Fsp3) is 0.273. The van der Waals surface area contributed by atoms with Crippen LogP contribution in [0.2, 0.25) is 0 Å². The molecule has 0 spiro atoms. The minimum Gasteiger partial charge on any atom is -0.497 e. The zero-order chi connectivity index (χ0) is 9.26. The van der Waals surface area contributed by atoms with Crippen molar-refractivity contribution in [2.75, 3.05) is 19.0 Å². The molecule has 2 rings (SSSR count). The quantitative estimate of drug-likeness (QED) is 0.708. The van der Waals surface area contributed by atoms with E-state index in [0.29, 0.717) is 0 Å². The SMILES string of the molecule is COc1ccc2c(c1)NCC(C)=C2. The van der Waals surface area contributed by atoms with Crippen LogP contribution in [-0.4, -0.2) is 13.7 Å². The first-order chi connectivity index (χ1) is 6.29.